The highest BCUT2D eigenvalue weighted by atomic mass is 16.3. The van der Waals surface area contributed by atoms with E-state index in [1.807, 2.05) is 48.5 Å². The second kappa shape index (κ2) is 10.8. The van der Waals surface area contributed by atoms with E-state index in [1.165, 1.54) is 21.8 Å². The van der Waals surface area contributed by atoms with E-state index in [-0.39, 0.29) is 6.17 Å². The molecule has 0 aliphatic carbocycles. The summed E-state index contributed by atoms with van der Waals surface area (Å²) in [7, 11) is 0. The summed E-state index contributed by atoms with van der Waals surface area (Å²) in [5.74, 6) is 1.39. The van der Waals surface area contributed by atoms with Crippen molar-refractivity contribution in [3.63, 3.8) is 0 Å². The first-order valence-corrected chi connectivity index (χ1v) is 17.1. The van der Waals surface area contributed by atoms with Crippen LogP contribution in [0.1, 0.15) is 22.9 Å². The number of nitrogens with one attached hydrogen (secondary N) is 1. The number of aliphatic imine (C=N–C) groups is 2. The minimum Gasteiger partial charge on any atom is -0.456 e. The van der Waals surface area contributed by atoms with E-state index >= 15 is 0 Å². The Morgan fingerprint density at radius 3 is 1.94 bits per heavy atom. The van der Waals surface area contributed by atoms with E-state index in [9.17, 15) is 0 Å². The van der Waals surface area contributed by atoms with E-state index < -0.39 is 0 Å². The fraction of sp³-hybridized carbons (Fsp3) is 0.0222. The van der Waals surface area contributed by atoms with Crippen LogP contribution < -0.4 is 5.32 Å². The molecular weight excluding hydrogens is 629 g/mol. The minimum atomic E-state index is -0.300. The molecule has 7 aromatic carbocycles. The number of hydrogen-bond acceptors (Lipinski definition) is 5. The van der Waals surface area contributed by atoms with Gasteiger partial charge in [-0.25, -0.2) is 9.98 Å². The zero-order valence-electron chi connectivity index (χ0n) is 27.2. The highest BCUT2D eigenvalue weighted by Gasteiger charge is 2.24. The molecule has 6 heteroatoms. The van der Waals surface area contributed by atoms with Crippen LogP contribution >= 0.6 is 0 Å². The summed E-state index contributed by atoms with van der Waals surface area (Å²) in [6, 6.07) is 54.5. The van der Waals surface area contributed by atoms with Crippen LogP contribution in [0, 0.1) is 0 Å². The van der Waals surface area contributed by atoms with Crippen LogP contribution in [0.4, 0.5) is 0 Å². The Balaban J connectivity index is 1.09. The number of aromatic nitrogens is 1. The average Bonchev–Trinajstić information content (AvgIpc) is 3.86. The van der Waals surface area contributed by atoms with Gasteiger partial charge < -0.3 is 18.7 Å². The molecule has 0 fully saturated rings. The first-order valence-electron chi connectivity index (χ1n) is 17.1. The van der Waals surface area contributed by atoms with Crippen LogP contribution in [0.15, 0.2) is 177 Å². The van der Waals surface area contributed by atoms with Crippen LogP contribution in [-0.4, -0.2) is 16.2 Å². The van der Waals surface area contributed by atoms with Crippen molar-refractivity contribution in [1.82, 2.24) is 9.88 Å². The van der Waals surface area contributed by atoms with E-state index in [4.69, 9.17) is 18.8 Å². The van der Waals surface area contributed by atoms with Crippen LogP contribution in [0.2, 0.25) is 0 Å². The fourth-order valence-corrected chi connectivity index (χ4v) is 7.69. The number of furan rings is 2. The SMILES string of the molecule is c1ccc(C2=NC(c3cccc4c3oc3cc5oc6ccc(-n7c8ccccc8c8ccccc87)cc6c5cc34)=NC(c3ccccc3)N2)cc1. The molecule has 11 rings (SSSR count). The predicted octanol–water partition coefficient (Wildman–Crippen LogP) is 11.1. The summed E-state index contributed by atoms with van der Waals surface area (Å²) in [5.41, 5.74) is 9.46. The first-order chi connectivity index (χ1) is 25.3. The van der Waals surface area contributed by atoms with Crippen LogP contribution in [0.3, 0.4) is 0 Å². The highest BCUT2D eigenvalue weighted by Crippen LogP contribution is 2.40. The molecule has 1 aliphatic rings. The lowest BCUT2D eigenvalue weighted by molar-refractivity contribution is 0.654. The molecule has 0 amide bonds. The van der Waals surface area contributed by atoms with E-state index in [0.717, 1.165) is 72.1 Å². The molecule has 0 spiro atoms. The van der Waals surface area contributed by atoms with Crippen molar-refractivity contribution >= 4 is 77.4 Å². The van der Waals surface area contributed by atoms with Crippen molar-refractivity contribution in [2.75, 3.05) is 0 Å². The molecule has 1 atom stereocenters. The zero-order chi connectivity index (χ0) is 33.5. The number of nitrogens with zero attached hydrogens (tertiary/aromatic N) is 3. The van der Waals surface area contributed by atoms with Crippen molar-refractivity contribution in [3.8, 4) is 5.69 Å². The number of para-hydroxylation sites is 3. The van der Waals surface area contributed by atoms with Gasteiger partial charge in [-0.1, -0.05) is 109 Å². The summed E-state index contributed by atoms with van der Waals surface area (Å²) in [6.45, 7) is 0. The molecule has 10 aromatic rings. The van der Waals surface area contributed by atoms with Gasteiger partial charge in [0.15, 0.2) is 5.84 Å². The molecule has 51 heavy (non-hydrogen) atoms. The molecule has 240 valence electrons. The third kappa shape index (κ3) is 4.30. The first kappa shape index (κ1) is 28.0. The van der Waals surface area contributed by atoms with Gasteiger partial charge in [0, 0.05) is 49.6 Å². The Bertz CT molecular complexity index is 3000. The molecule has 1 unspecified atom stereocenters. The summed E-state index contributed by atoms with van der Waals surface area (Å²) >= 11 is 0. The molecule has 0 radical (unpaired) electrons. The molecule has 1 N–H and O–H groups in total. The Hall–Kier alpha value is -6.92. The third-order valence-corrected chi connectivity index (χ3v) is 10.1. The number of hydrogen-bond donors (Lipinski definition) is 1. The third-order valence-electron chi connectivity index (χ3n) is 10.1. The van der Waals surface area contributed by atoms with Gasteiger partial charge >= 0.3 is 0 Å². The largest absolute Gasteiger partial charge is 0.456 e. The second-order valence-corrected chi connectivity index (χ2v) is 13.0. The predicted molar refractivity (Wildman–Crippen MR) is 207 cm³/mol. The van der Waals surface area contributed by atoms with Gasteiger partial charge in [-0.2, -0.15) is 0 Å². The second-order valence-electron chi connectivity index (χ2n) is 13.0. The maximum atomic E-state index is 6.67. The van der Waals surface area contributed by atoms with Gasteiger partial charge in [-0.05, 0) is 48.0 Å². The smallest absolute Gasteiger partial charge is 0.163 e. The lowest BCUT2D eigenvalue weighted by atomic mass is 10.0. The average molecular weight is 657 g/mol. The van der Waals surface area contributed by atoms with Gasteiger partial charge in [0.25, 0.3) is 0 Å². The van der Waals surface area contributed by atoms with E-state index in [1.54, 1.807) is 0 Å². The molecule has 0 saturated heterocycles. The summed E-state index contributed by atoms with van der Waals surface area (Å²) in [4.78, 5) is 10.2. The monoisotopic (exact) mass is 656 g/mol. The van der Waals surface area contributed by atoms with Crippen LogP contribution in [0.5, 0.6) is 0 Å². The molecule has 4 heterocycles. The van der Waals surface area contributed by atoms with Crippen molar-refractivity contribution in [2.45, 2.75) is 6.17 Å². The molecule has 0 saturated carbocycles. The maximum absolute atomic E-state index is 6.67. The molecular formula is C45H28N4O2. The minimum absolute atomic E-state index is 0.300. The van der Waals surface area contributed by atoms with E-state index in [2.05, 4.69) is 119 Å². The Morgan fingerprint density at radius 2 is 1.16 bits per heavy atom. The van der Waals surface area contributed by atoms with Crippen molar-refractivity contribution in [1.29, 1.82) is 0 Å². The number of rotatable bonds is 4. The summed E-state index contributed by atoms with van der Waals surface area (Å²) in [5, 5.41) is 10.1. The van der Waals surface area contributed by atoms with Crippen LogP contribution in [0.25, 0.3) is 71.4 Å². The summed E-state index contributed by atoms with van der Waals surface area (Å²) in [6.07, 6.45) is -0.300. The Kier molecular flexibility index (Phi) is 5.92. The Morgan fingerprint density at radius 1 is 0.510 bits per heavy atom. The summed E-state index contributed by atoms with van der Waals surface area (Å²) < 4.78 is 15.5. The standard InChI is InChI=1S/C45H28N4O2/c1-3-12-27(13-4-1)43-46-44(28-14-5-2-6-15-28)48-45(47-43)33-19-11-18-32-35-25-36-34-24-29(22-23-39(34)50-40(36)26-41(35)51-42(32)33)49-37-20-9-7-16-30(37)31-17-8-10-21-38(31)49/h1-26,43H,(H,46,47,48). The normalized spacial score (nSPS) is 14.9. The maximum Gasteiger partial charge on any atom is 0.163 e. The van der Waals surface area contributed by atoms with Crippen molar-refractivity contribution in [2.24, 2.45) is 9.98 Å². The number of benzene rings is 7. The lowest BCUT2D eigenvalue weighted by Crippen LogP contribution is -2.33. The van der Waals surface area contributed by atoms with Crippen LogP contribution in [-0.2, 0) is 0 Å². The number of fused-ring (bicyclic) bond motifs is 9. The van der Waals surface area contributed by atoms with E-state index in [0.29, 0.717) is 5.84 Å². The quantitative estimate of drug-likeness (QED) is 0.205. The fourth-order valence-electron chi connectivity index (χ4n) is 7.69. The topological polar surface area (TPSA) is 68.0 Å². The number of amidine groups is 2. The molecule has 1 aliphatic heterocycles. The Labute approximate surface area is 291 Å². The van der Waals surface area contributed by atoms with Gasteiger partial charge in [-0.3, -0.25) is 0 Å². The molecule has 3 aromatic heterocycles. The lowest BCUT2D eigenvalue weighted by Gasteiger charge is -2.23. The van der Waals surface area contributed by atoms with Crippen molar-refractivity contribution < 1.29 is 8.83 Å². The van der Waals surface area contributed by atoms with Crippen molar-refractivity contribution in [3.05, 3.63) is 174 Å². The zero-order valence-corrected chi connectivity index (χ0v) is 27.2. The van der Waals surface area contributed by atoms with Gasteiger partial charge in [0.05, 0.1) is 16.6 Å². The molecule has 0 bridgehead atoms. The van der Waals surface area contributed by atoms with Gasteiger partial charge in [0.2, 0.25) is 0 Å². The van der Waals surface area contributed by atoms with Gasteiger partial charge in [0.1, 0.15) is 34.3 Å². The highest BCUT2D eigenvalue weighted by molar-refractivity contribution is 6.21. The van der Waals surface area contributed by atoms with Gasteiger partial charge in [-0.15, -0.1) is 0 Å². The molecule has 6 nitrogen and oxygen atoms in total.